The van der Waals surface area contributed by atoms with Crippen LogP contribution in [0, 0.1) is 0 Å². The Bertz CT molecular complexity index is 465. The average Bonchev–Trinajstić information content (AvgIpc) is 2.40. The van der Waals surface area contributed by atoms with Crippen molar-refractivity contribution in [1.29, 1.82) is 0 Å². The molecular weight excluding hydrogens is 295 g/mol. The van der Waals surface area contributed by atoms with Crippen LogP contribution in [-0.2, 0) is 0 Å². The molecule has 1 fully saturated rings. The summed E-state index contributed by atoms with van der Waals surface area (Å²) in [5.41, 5.74) is 6.48. The number of carbonyl (C=O) groups excluding carboxylic acids is 1. The molecule has 0 aromatic heterocycles. The summed E-state index contributed by atoms with van der Waals surface area (Å²) < 4.78 is 0. The SMILES string of the molecule is CCN(C(=O)c1cc(Cl)cc(Cl)c1)C1CCC(N)CC1. The number of halogens is 2. The van der Waals surface area contributed by atoms with Gasteiger partial charge in [-0.15, -0.1) is 0 Å². The molecule has 0 atom stereocenters. The van der Waals surface area contributed by atoms with Crippen molar-refractivity contribution in [2.75, 3.05) is 6.54 Å². The van der Waals surface area contributed by atoms with Crippen LogP contribution in [-0.4, -0.2) is 29.4 Å². The van der Waals surface area contributed by atoms with Gasteiger partial charge in [-0.05, 0) is 50.8 Å². The maximum Gasteiger partial charge on any atom is 0.254 e. The number of nitrogens with zero attached hydrogens (tertiary/aromatic N) is 1. The molecule has 1 aliphatic carbocycles. The molecule has 0 spiro atoms. The molecule has 1 aromatic carbocycles. The second kappa shape index (κ2) is 6.79. The maximum absolute atomic E-state index is 12.6. The first-order chi connectivity index (χ1) is 9.51. The molecule has 0 saturated heterocycles. The number of nitrogens with two attached hydrogens (primary N) is 1. The molecule has 5 heteroatoms. The summed E-state index contributed by atoms with van der Waals surface area (Å²) in [4.78, 5) is 14.5. The lowest BCUT2D eigenvalue weighted by Crippen LogP contribution is -2.44. The van der Waals surface area contributed by atoms with Crippen molar-refractivity contribution in [3.8, 4) is 0 Å². The maximum atomic E-state index is 12.6. The third-order valence-electron chi connectivity index (χ3n) is 3.89. The van der Waals surface area contributed by atoms with Crippen LogP contribution in [0.2, 0.25) is 10.0 Å². The van der Waals surface area contributed by atoms with Gasteiger partial charge in [0.15, 0.2) is 0 Å². The first-order valence-electron chi connectivity index (χ1n) is 7.04. The zero-order valence-electron chi connectivity index (χ0n) is 11.6. The zero-order chi connectivity index (χ0) is 14.7. The minimum atomic E-state index is -0.00243. The lowest BCUT2D eigenvalue weighted by molar-refractivity contribution is 0.0640. The average molecular weight is 315 g/mol. The lowest BCUT2D eigenvalue weighted by atomic mass is 9.90. The molecule has 0 unspecified atom stereocenters. The Kier molecular flexibility index (Phi) is 5.30. The smallest absolute Gasteiger partial charge is 0.254 e. The Labute approximate surface area is 130 Å². The van der Waals surface area contributed by atoms with E-state index in [0.717, 1.165) is 25.7 Å². The van der Waals surface area contributed by atoms with E-state index in [2.05, 4.69) is 0 Å². The second-order valence-electron chi connectivity index (χ2n) is 5.32. The number of rotatable bonds is 3. The van der Waals surface area contributed by atoms with Crippen molar-refractivity contribution in [2.24, 2.45) is 5.73 Å². The summed E-state index contributed by atoms with van der Waals surface area (Å²) in [7, 11) is 0. The summed E-state index contributed by atoms with van der Waals surface area (Å²) >= 11 is 12.0. The molecule has 110 valence electrons. The second-order valence-corrected chi connectivity index (χ2v) is 6.19. The standard InChI is InChI=1S/C15H20Cl2N2O/c1-2-19(14-5-3-13(18)4-6-14)15(20)10-7-11(16)9-12(17)8-10/h7-9,13-14H,2-6,18H2,1H3. The van der Waals surface area contributed by atoms with E-state index < -0.39 is 0 Å². The fourth-order valence-electron chi connectivity index (χ4n) is 2.82. The third-order valence-corrected chi connectivity index (χ3v) is 4.33. The van der Waals surface area contributed by atoms with E-state index in [4.69, 9.17) is 28.9 Å². The van der Waals surface area contributed by atoms with E-state index in [1.807, 2.05) is 11.8 Å². The largest absolute Gasteiger partial charge is 0.336 e. The van der Waals surface area contributed by atoms with Gasteiger partial charge in [0, 0.05) is 34.2 Å². The molecule has 20 heavy (non-hydrogen) atoms. The van der Waals surface area contributed by atoms with Gasteiger partial charge in [-0.25, -0.2) is 0 Å². The van der Waals surface area contributed by atoms with Crippen LogP contribution in [0.15, 0.2) is 18.2 Å². The van der Waals surface area contributed by atoms with E-state index in [1.165, 1.54) is 0 Å². The van der Waals surface area contributed by atoms with Crippen molar-refractivity contribution in [1.82, 2.24) is 4.90 Å². The first-order valence-corrected chi connectivity index (χ1v) is 7.79. The Morgan fingerprint density at radius 2 is 1.75 bits per heavy atom. The van der Waals surface area contributed by atoms with Crippen molar-refractivity contribution >= 4 is 29.1 Å². The van der Waals surface area contributed by atoms with Gasteiger partial charge in [0.1, 0.15) is 0 Å². The van der Waals surface area contributed by atoms with Crippen molar-refractivity contribution in [2.45, 2.75) is 44.7 Å². The van der Waals surface area contributed by atoms with Gasteiger partial charge in [0.2, 0.25) is 0 Å². The predicted octanol–water partition coefficient (Wildman–Crippen LogP) is 3.73. The van der Waals surface area contributed by atoms with Crippen LogP contribution in [0.5, 0.6) is 0 Å². The van der Waals surface area contributed by atoms with Crippen LogP contribution in [0.3, 0.4) is 0 Å². The zero-order valence-corrected chi connectivity index (χ0v) is 13.1. The Balaban J connectivity index is 2.16. The van der Waals surface area contributed by atoms with Gasteiger partial charge >= 0.3 is 0 Å². The molecule has 1 aromatic rings. The molecule has 2 rings (SSSR count). The fourth-order valence-corrected chi connectivity index (χ4v) is 3.35. The van der Waals surface area contributed by atoms with Crippen molar-refractivity contribution in [3.05, 3.63) is 33.8 Å². The van der Waals surface area contributed by atoms with Crippen LogP contribution in [0.1, 0.15) is 43.0 Å². The van der Waals surface area contributed by atoms with Gasteiger partial charge in [0.05, 0.1) is 0 Å². The molecule has 0 radical (unpaired) electrons. The van der Waals surface area contributed by atoms with Gasteiger partial charge in [-0.3, -0.25) is 4.79 Å². The monoisotopic (exact) mass is 314 g/mol. The normalized spacial score (nSPS) is 22.6. The topological polar surface area (TPSA) is 46.3 Å². The summed E-state index contributed by atoms with van der Waals surface area (Å²) in [6.07, 6.45) is 3.89. The van der Waals surface area contributed by atoms with Crippen molar-refractivity contribution in [3.63, 3.8) is 0 Å². The molecule has 2 N–H and O–H groups in total. The van der Waals surface area contributed by atoms with E-state index in [1.54, 1.807) is 18.2 Å². The van der Waals surface area contributed by atoms with E-state index in [0.29, 0.717) is 22.2 Å². The number of carbonyl (C=O) groups is 1. The molecule has 0 aliphatic heterocycles. The highest BCUT2D eigenvalue weighted by atomic mass is 35.5. The van der Waals surface area contributed by atoms with Crippen LogP contribution in [0.25, 0.3) is 0 Å². The molecule has 1 aliphatic rings. The lowest BCUT2D eigenvalue weighted by Gasteiger charge is -2.35. The van der Waals surface area contributed by atoms with Gasteiger partial charge in [0.25, 0.3) is 5.91 Å². The number of benzene rings is 1. The molecule has 3 nitrogen and oxygen atoms in total. The number of hydrogen-bond acceptors (Lipinski definition) is 2. The molecule has 1 saturated carbocycles. The van der Waals surface area contributed by atoms with Crippen LogP contribution >= 0.6 is 23.2 Å². The van der Waals surface area contributed by atoms with E-state index in [9.17, 15) is 4.79 Å². The Morgan fingerprint density at radius 3 is 2.25 bits per heavy atom. The van der Waals surface area contributed by atoms with E-state index >= 15 is 0 Å². The fraction of sp³-hybridized carbons (Fsp3) is 0.533. The third kappa shape index (κ3) is 3.66. The molecule has 0 bridgehead atoms. The minimum absolute atomic E-state index is 0.00243. The number of amides is 1. The van der Waals surface area contributed by atoms with Gasteiger partial charge in [-0.2, -0.15) is 0 Å². The molecule has 1 amide bonds. The van der Waals surface area contributed by atoms with E-state index in [-0.39, 0.29) is 18.0 Å². The van der Waals surface area contributed by atoms with Gasteiger partial charge in [-0.1, -0.05) is 23.2 Å². The molecule has 0 heterocycles. The van der Waals surface area contributed by atoms with Crippen LogP contribution < -0.4 is 5.73 Å². The Morgan fingerprint density at radius 1 is 1.20 bits per heavy atom. The summed E-state index contributed by atoms with van der Waals surface area (Å²) in [5, 5.41) is 0.977. The number of hydrogen-bond donors (Lipinski definition) is 1. The van der Waals surface area contributed by atoms with Crippen LogP contribution in [0.4, 0.5) is 0 Å². The van der Waals surface area contributed by atoms with Gasteiger partial charge < -0.3 is 10.6 Å². The molecular formula is C15H20Cl2N2O. The quantitative estimate of drug-likeness (QED) is 0.924. The Hall–Kier alpha value is -0.770. The van der Waals surface area contributed by atoms with Crippen molar-refractivity contribution < 1.29 is 4.79 Å². The summed E-state index contributed by atoms with van der Waals surface area (Å²) in [5.74, 6) is -0.00243. The highest BCUT2D eigenvalue weighted by Crippen LogP contribution is 2.25. The highest BCUT2D eigenvalue weighted by molar-refractivity contribution is 6.35. The first kappa shape index (κ1) is 15.6. The summed E-state index contributed by atoms with van der Waals surface area (Å²) in [6.45, 7) is 2.68. The highest BCUT2D eigenvalue weighted by Gasteiger charge is 2.27. The predicted molar refractivity (Wildman–Crippen MR) is 83.4 cm³/mol. The minimum Gasteiger partial charge on any atom is -0.336 e. The summed E-state index contributed by atoms with van der Waals surface area (Å²) in [6, 6.07) is 5.53.